The molecular weight excluding hydrogens is 416 g/mol. The zero-order chi connectivity index (χ0) is 21.3. The lowest BCUT2D eigenvalue weighted by molar-refractivity contribution is -0.142. The summed E-state index contributed by atoms with van der Waals surface area (Å²) in [6.07, 6.45) is 0.156. The van der Waals surface area contributed by atoms with Gasteiger partial charge >= 0.3 is 5.97 Å². The molecule has 0 atom stereocenters. The maximum Gasteiger partial charge on any atom is 0.311 e. The monoisotopic (exact) mass is 440 g/mol. The Morgan fingerprint density at radius 3 is 2.23 bits per heavy atom. The van der Waals surface area contributed by atoms with Gasteiger partial charge in [-0.2, -0.15) is 0 Å². The van der Waals surface area contributed by atoms with Crippen molar-refractivity contribution in [2.75, 3.05) is 19.4 Å². The molecule has 0 N–H and O–H groups in total. The molecule has 0 aliphatic heterocycles. The number of thioether (sulfide) groups is 1. The Morgan fingerprint density at radius 1 is 1.07 bits per heavy atom. The number of nitrogens with zero attached hydrogens (tertiary/aromatic N) is 2. The van der Waals surface area contributed by atoms with Gasteiger partial charge < -0.3 is 9.64 Å². The molecule has 1 aromatic heterocycles. The van der Waals surface area contributed by atoms with Crippen LogP contribution in [0.1, 0.15) is 29.8 Å². The van der Waals surface area contributed by atoms with Crippen molar-refractivity contribution in [2.45, 2.75) is 23.7 Å². The lowest BCUT2D eigenvalue weighted by Gasteiger charge is -2.29. The Labute approximate surface area is 185 Å². The van der Waals surface area contributed by atoms with Crippen LogP contribution in [0.5, 0.6) is 0 Å². The molecule has 0 unspecified atom stereocenters. The SMILES string of the molecule is CCOC(=O)Cc1csc(SCC(=O)N(C)C(c2ccccc2)c2ccccc2)n1. The Bertz CT molecular complexity index is 921. The summed E-state index contributed by atoms with van der Waals surface area (Å²) in [5.41, 5.74) is 2.80. The molecular formula is C23H24N2O3S2. The van der Waals surface area contributed by atoms with Crippen molar-refractivity contribution in [3.63, 3.8) is 0 Å². The molecule has 2 aromatic carbocycles. The molecule has 0 saturated carbocycles. The van der Waals surface area contributed by atoms with E-state index in [2.05, 4.69) is 4.98 Å². The number of rotatable bonds is 9. The number of aromatic nitrogens is 1. The summed E-state index contributed by atoms with van der Waals surface area (Å²) in [6, 6.07) is 19.9. The lowest BCUT2D eigenvalue weighted by atomic mass is 9.97. The van der Waals surface area contributed by atoms with Crippen molar-refractivity contribution in [3.8, 4) is 0 Å². The second-order valence-electron chi connectivity index (χ2n) is 6.60. The van der Waals surface area contributed by atoms with Gasteiger partial charge in [-0.1, -0.05) is 72.4 Å². The van der Waals surface area contributed by atoms with Gasteiger partial charge in [-0.15, -0.1) is 11.3 Å². The highest BCUT2D eigenvalue weighted by Crippen LogP contribution is 2.29. The van der Waals surface area contributed by atoms with Crippen LogP contribution in [0.15, 0.2) is 70.4 Å². The molecule has 3 rings (SSSR count). The Morgan fingerprint density at radius 2 is 1.67 bits per heavy atom. The summed E-state index contributed by atoms with van der Waals surface area (Å²) < 4.78 is 5.72. The molecule has 0 bridgehead atoms. The van der Waals surface area contributed by atoms with Gasteiger partial charge in [0.25, 0.3) is 0 Å². The highest BCUT2D eigenvalue weighted by atomic mass is 32.2. The Hall–Kier alpha value is -2.64. The first-order valence-electron chi connectivity index (χ1n) is 9.67. The summed E-state index contributed by atoms with van der Waals surface area (Å²) in [5, 5.41) is 1.84. The van der Waals surface area contributed by atoms with Crippen LogP contribution in [-0.4, -0.2) is 41.2 Å². The van der Waals surface area contributed by atoms with Crippen LogP contribution >= 0.6 is 23.1 Å². The van der Waals surface area contributed by atoms with Gasteiger partial charge in [0, 0.05) is 12.4 Å². The van der Waals surface area contributed by atoms with Gasteiger partial charge in [-0.3, -0.25) is 9.59 Å². The van der Waals surface area contributed by atoms with Gasteiger partial charge in [-0.05, 0) is 18.1 Å². The molecule has 1 amide bonds. The van der Waals surface area contributed by atoms with Gasteiger partial charge in [0.05, 0.1) is 30.5 Å². The lowest BCUT2D eigenvalue weighted by Crippen LogP contribution is -2.33. The third kappa shape index (κ3) is 5.93. The summed E-state index contributed by atoms with van der Waals surface area (Å²) in [6.45, 7) is 2.13. The van der Waals surface area contributed by atoms with Crippen LogP contribution in [0.3, 0.4) is 0 Å². The molecule has 0 spiro atoms. The molecule has 5 nitrogen and oxygen atoms in total. The fraction of sp³-hybridized carbons (Fsp3) is 0.261. The summed E-state index contributed by atoms with van der Waals surface area (Å²) in [4.78, 5) is 30.8. The quantitative estimate of drug-likeness (QED) is 0.360. The van der Waals surface area contributed by atoms with Crippen LogP contribution in [0, 0.1) is 0 Å². The van der Waals surface area contributed by atoms with E-state index in [0.717, 1.165) is 15.5 Å². The molecule has 0 aliphatic carbocycles. The zero-order valence-corrected chi connectivity index (χ0v) is 18.6. The van der Waals surface area contributed by atoms with Crippen molar-refractivity contribution in [2.24, 2.45) is 0 Å². The van der Waals surface area contributed by atoms with E-state index in [-0.39, 0.29) is 30.1 Å². The van der Waals surface area contributed by atoms with Crippen molar-refractivity contribution < 1.29 is 14.3 Å². The number of carbonyl (C=O) groups is 2. The average molecular weight is 441 g/mol. The number of hydrogen-bond donors (Lipinski definition) is 0. The van der Waals surface area contributed by atoms with E-state index in [1.54, 1.807) is 11.8 Å². The molecule has 1 heterocycles. The number of carbonyl (C=O) groups excluding carboxylic acids is 2. The van der Waals surface area contributed by atoms with E-state index in [1.807, 2.05) is 73.1 Å². The summed E-state index contributed by atoms with van der Waals surface area (Å²) >= 11 is 2.83. The standard InChI is InChI=1S/C23H24N2O3S2/c1-3-28-21(27)14-19-15-29-23(24-19)30-16-20(26)25(2)22(17-10-6-4-7-11-17)18-12-8-5-9-13-18/h4-13,15,22H,3,14,16H2,1-2H3. The van der Waals surface area contributed by atoms with E-state index in [9.17, 15) is 9.59 Å². The predicted molar refractivity (Wildman–Crippen MR) is 121 cm³/mol. The molecule has 156 valence electrons. The fourth-order valence-corrected chi connectivity index (χ4v) is 4.84. The second kappa shape index (κ2) is 10.9. The topological polar surface area (TPSA) is 59.5 Å². The Kier molecular flexibility index (Phi) is 8.04. The van der Waals surface area contributed by atoms with Gasteiger partial charge in [0.1, 0.15) is 0 Å². The predicted octanol–water partition coefficient (Wildman–Crippen LogP) is 4.59. The first-order valence-corrected chi connectivity index (χ1v) is 11.5. The van der Waals surface area contributed by atoms with Crippen molar-refractivity contribution in [1.29, 1.82) is 0 Å². The van der Waals surface area contributed by atoms with E-state index < -0.39 is 0 Å². The maximum atomic E-state index is 13.0. The molecule has 7 heteroatoms. The third-order valence-corrected chi connectivity index (χ3v) is 6.55. The smallest absolute Gasteiger partial charge is 0.311 e. The van der Waals surface area contributed by atoms with Crippen LogP contribution in [0.2, 0.25) is 0 Å². The van der Waals surface area contributed by atoms with Crippen LogP contribution in [0.4, 0.5) is 0 Å². The van der Waals surface area contributed by atoms with Gasteiger partial charge in [-0.25, -0.2) is 4.98 Å². The van der Waals surface area contributed by atoms with E-state index in [0.29, 0.717) is 12.3 Å². The van der Waals surface area contributed by atoms with Crippen molar-refractivity contribution in [1.82, 2.24) is 9.88 Å². The maximum absolute atomic E-state index is 13.0. The zero-order valence-electron chi connectivity index (χ0n) is 17.0. The van der Waals surface area contributed by atoms with Crippen LogP contribution in [0.25, 0.3) is 0 Å². The Balaban J connectivity index is 1.66. The van der Waals surface area contributed by atoms with Gasteiger partial charge in [0.15, 0.2) is 4.34 Å². The van der Waals surface area contributed by atoms with Gasteiger partial charge in [0.2, 0.25) is 5.91 Å². The first kappa shape index (κ1) is 22.1. The minimum absolute atomic E-state index is 0.0137. The molecule has 0 saturated heterocycles. The van der Waals surface area contributed by atoms with Crippen molar-refractivity contribution in [3.05, 3.63) is 82.9 Å². The number of amides is 1. The van der Waals surface area contributed by atoms with Crippen LogP contribution in [-0.2, 0) is 20.7 Å². The number of esters is 1. The highest BCUT2D eigenvalue weighted by molar-refractivity contribution is 8.01. The first-order chi connectivity index (χ1) is 14.6. The number of benzene rings is 2. The third-order valence-electron chi connectivity index (χ3n) is 4.49. The molecule has 3 aromatic rings. The molecule has 0 aliphatic rings. The number of ether oxygens (including phenoxy) is 1. The summed E-state index contributed by atoms with van der Waals surface area (Å²) in [7, 11) is 1.83. The van der Waals surface area contributed by atoms with E-state index in [1.165, 1.54) is 23.1 Å². The van der Waals surface area contributed by atoms with E-state index >= 15 is 0 Å². The van der Waals surface area contributed by atoms with E-state index in [4.69, 9.17) is 4.74 Å². The normalized spacial score (nSPS) is 10.8. The number of thiazole rings is 1. The number of hydrogen-bond acceptors (Lipinski definition) is 6. The highest BCUT2D eigenvalue weighted by Gasteiger charge is 2.23. The molecule has 0 radical (unpaired) electrons. The summed E-state index contributed by atoms with van der Waals surface area (Å²) in [5.74, 6) is 0.00234. The minimum atomic E-state index is -0.288. The van der Waals surface area contributed by atoms with Crippen molar-refractivity contribution >= 4 is 35.0 Å². The fourth-order valence-electron chi connectivity index (χ4n) is 3.08. The molecule has 30 heavy (non-hydrogen) atoms. The minimum Gasteiger partial charge on any atom is -0.466 e. The molecule has 0 fully saturated rings. The van der Waals surface area contributed by atoms with Crippen LogP contribution < -0.4 is 0 Å². The largest absolute Gasteiger partial charge is 0.466 e. The second-order valence-corrected chi connectivity index (χ2v) is 8.68. The average Bonchev–Trinajstić information content (AvgIpc) is 3.21.